The molecule has 9 heteroatoms. The second kappa shape index (κ2) is 5.49. The minimum absolute atomic E-state index is 0.00391. The van der Waals surface area contributed by atoms with Crippen LogP contribution in [0.25, 0.3) is 11.3 Å². The monoisotopic (exact) mass is 342 g/mol. The summed E-state index contributed by atoms with van der Waals surface area (Å²) in [4.78, 5) is 0.0380. The number of nitrogens with one attached hydrogen (secondary N) is 1. The quantitative estimate of drug-likeness (QED) is 0.881. The van der Waals surface area contributed by atoms with Crippen LogP contribution < -0.4 is 4.72 Å². The molecule has 0 spiro atoms. The maximum Gasteiger partial charge on any atom is 0.241 e. The number of nitrogens with zero attached hydrogens (tertiary/aromatic N) is 1. The van der Waals surface area contributed by atoms with Crippen LogP contribution in [0.15, 0.2) is 45.9 Å². The van der Waals surface area contributed by atoms with E-state index in [0.717, 1.165) is 0 Å². The molecular formula is C13H14N2O5S2. The van der Waals surface area contributed by atoms with E-state index in [2.05, 4.69) is 9.88 Å². The van der Waals surface area contributed by atoms with E-state index in [-0.39, 0.29) is 22.8 Å². The predicted molar refractivity (Wildman–Crippen MR) is 79.3 cm³/mol. The maximum atomic E-state index is 12.5. The molecule has 1 fully saturated rings. The van der Waals surface area contributed by atoms with E-state index in [1.807, 2.05) is 0 Å². The zero-order chi connectivity index (χ0) is 15.8. The molecule has 1 aliphatic heterocycles. The van der Waals surface area contributed by atoms with Crippen molar-refractivity contribution in [3.05, 3.63) is 36.5 Å². The van der Waals surface area contributed by atoms with E-state index in [1.54, 1.807) is 24.3 Å². The average Bonchev–Trinajstić information content (AvgIpc) is 3.08. The zero-order valence-corrected chi connectivity index (χ0v) is 13.1. The summed E-state index contributed by atoms with van der Waals surface area (Å²) in [5, 5.41) is 3.57. The first-order valence-corrected chi connectivity index (χ1v) is 9.91. The third-order valence-corrected chi connectivity index (χ3v) is 6.78. The lowest BCUT2D eigenvalue weighted by Crippen LogP contribution is -2.35. The van der Waals surface area contributed by atoms with Crippen molar-refractivity contribution in [2.75, 3.05) is 11.5 Å². The van der Waals surface area contributed by atoms with Crippen molar-refractivity contribution in [3.8, 4) is 11.3 Å². The van der Waals surface area contributed by atoms with Gasteiger partial charge in [0, 0.05) is 17.7 Å². The van der Waals surface area contributed by atoms with Crippen LogP contribution >= 0.6 is 0 Å². The lowest BCUT2D eigenvalue weighted by molar-refractivity contribution is 0.431. The molecule has 2 aromatic rings. The van der Waals surface area contributed by atoms with Crippen LogP contribution in [0, 0.1) is 0 Å². The molecular weight excluding hydrogens is 328 g/mol. The Morgan fingerprint density at radius 2 is 2.00 bits per heavy atom. The fourth-order valence-corrected chi connectivity index (χ4v) is 5.69. The van der Waals surface area contributed by atoms with Gasteiger partial charge in [-0.2, -0.15) is 0 Å². The summed E-state index contributed by atoms with van der Waals surface area (Å²) in [7, 11) is -7.01. The lowest BCUT2D eigenvalue weighted by atomic mass is 10.2. The third kappa shape index (κ3) is 3.06. The van der Waals surface area contributed by atoms with Crippen molar-refractivity contribution in [2.45, 2.75) is 17.4 Å². The van der Waals surface area contributed by atoms with E-state index < -0.39 is 25.9 Å². The molecule has 1 atom stereocenters. The molecule has 118 valence electrons. The number of aromatic nitrogens is 1. The van der Waals surface area contributed by atoms with E-state index in [9.17, 15) is 16.8 Å². The molecule has 0 radical (unpaired) electrons. The Balaban J connectivity index is 1.94. The first-order chi connectivity index (χ1) is 10.4. The van der Waals surface area contributed by atoms with Crippen LogP contribution in [0.4, 0.5) is 0 Å². The second-order valence-corrected chi connectivity index (χ2v) is 9.01. The Hall–Kier alpha value is -1.71. The molecule has 1 saturated heterocycles. The first kappa shape index (κ1) is 15.2. The summed E-state index contributed by atoms with van der Waals surface area (Å²) in [6.45, 7) is 0. The Morgan fingerprint density at radius 3 is 2.64 bits per heavy atom. The van der Waals surface area contributed by atoms with Crippen molar-refractivity contribution in [3.63, 3.8) is 0 Å². The van der Waals surface area contributed by atoms with Gasteiger partial charge in [-0.05, 0) is 18.6 Å². The first-order valence-electron chi connectivity index (χ1n) is 6.60. The van der Waals surface area contributed by atoms with Gasteiger partial charge in [0.2, 0.25) is 10.0 Å². The topological polar surface area (TPSA) is 106 Å². The fraction of sp³-hybridized carbons (Fsp3) is 0.308. The highest BCUT2D eigenvalue weighted by molar-refractivity contribution is 7.92. The molecule has 0 bridgehead atoms. The van der Waals surface area contributed by atoms with E-state index in [4.69, 9.17) is 4.52 Å². The fourth-order valence-electron chi connectivity index (χ4n) is 2.43. The summed E-state index contributed by atoms with van der Waals surface area (Å²) in [5.74, 6) is 0.167. The molecule has 1 unspecified atom stereocenters. The van der Waals surface area contributed by atoms with Gasteiger partial charge in [-0.3, -0.25) is 0 Å². The van der Waals surface area contributed by atoms with Crippen molar-refractivity contribution in [2.24, 2.45) is 0 Å². The van der Waals surface area contributed by atoms with Crippen LogP contribution in [0.1, 0.15) is 6.42 Å². The van der Waals surface area contributed by atoms with Crippen molar-refractivity contribution < 1.29 is 21.4 Å². The molecule has 2 heterocycles. The van der Waals surface area contributed by atoms with Crippen molar-refractivity contribution in [1.29, 1.82) is 0 Å². The molecule has 3 rings (SSSR count). The lowest BCUT2D eigenvalue weighted by Gasteiger charge is -2.13. The molecule has 7 nitrogen and oxygen atoms in total. The Labute approximate surface area is 128 Å². The summed E-state index contributed by atoms with van der Waals surface area (Å²) >= 11 is 0. The highest BCUT2D eigenvalue weighted by Crippen LogP contribution is 2.27. The van der Waals surface area contributed by atoms with Gasteiger partial charge < -0.3 is 4.52 Å². The van der Waals surface area contributed by atoms with Gasteiger partial charge in [-0.1, -0.05) is 17.3 Å². The summed E-state index contributed by atoms with van der Waals surface area (Å²) < 4.78 is 55.5. The normalized spacial score (nSPS) is 21.0. The standard InChI is InChI=1S/C13H14N2O5S2/c16-21(17)8-6-10(9-21)15-22(18,19)13-4-2-1-3-11(13)12-5-7-14-20-12/h1-5,7,10,15H,6,8-9H2. The van der Waals surface area contributed by atoms with E-state index in [1.165, 1.54) is 12.3 Å². The second-order valence-electron chi connectivity index (χ2n) is 5.09. The van der Waals surface area contributed by atoms with Gasteiger partial charge in [0.15, 0.2) is 15.6 Å². The number of benzene rings is 1. The molecule has 1 aromatic carbocycles. The number of hydrogen-bond donors (Lipinski definition) is 1. The van der Waals surface area contributed by atoms with E-state index >= 15 is 0 Å². The molecule has 0 aliphatic carbocycles. The highest BCUT2D eigenvalue weighted by Gasteiger charge is 2.32. The molecule has 22 heavy (non-hydrogen) atoms. The SMILES string of the molecule is O=S1(=O)CCC(NS(=O)(=O)c2ccccc2-c2ccno2)C1. The molecule has 1 N–H and O–H groups in total. The van der Waals surface area contributed by atoms with Crippen LogP contribution in [-0.4, -0.2) is 39.5 Å². The average molecular weight is 342 g/mol. The van der Waals surface area contributed by atoms with Crippen LogP contribution in [0.2, 0.25) is 0 Å². The Kier molecular flexibility index (Phi) is 3.79. The summed E-state index contributed by atoms with van der Waals surface area (Å²) in [5.41, 5.74) is 0.383. The number of hydrogen-bond acceptors (Lipinski definition) is 6. The molecule has 0 saturated carbocycles. The minimum Gasteiger partial charge on any atom is -0.356 e. The molecule has 1 aliphatic rings. The van der Waals surface area contributed by atoms with Gasteiger partial charge in [0.05, 0.1) is 22.6 Å². The molecule has 0 amide bonds. The molecule has 1 aromatic heterocycles. The van der Waals surface area contributed by atoms with Gasteiger partial charge >= 0.3 is 0 Å². The largest absolute Gasteiger partial charge is 0.356 e. The van der Waals surface area contributed by atoms with E-state index in [0.29, 0.717) is 11.3 Å². The Morgan fingerprint density at radius 1 is 1.23 bits per heavy atom. The van der Waals surface area contributed by atoms with Crippen LogP contribution in [0.3, 0.4) is 0 Å². The minimum atomic E-state index is -3.85. The Bertz CT molecular complexity index is 873. The zero-order valence-electron chi connectivity index (χ0n) is 11.5. The van der Waals surface area contributed by atoms with Gasteiger partial charge in [-0.15, -0.1) is 0 Å². The maximum absolute atomic E-state index is 12.5. The highest BCUT2D eigenvalue weighted by atomic mass is 32.2. The van der Waals surface area contributed by atoms with Crippen LogP contribution in [0.5, 0.6) is 0 Å². The smallest absolute Gasteiger partial charge is 0.241 e. The van der Waals surface area contributed by atoms with Crippen molar-refractivity contribution in [1.82, 2.24) is 9.88 Å². The number of sulfone groups is 1. The number of sulfonamides is 1. The third-order valence-electron chi connectivity index (χ3n) is 3.43. The van der Waals surface area contributed by atoms with Gasteiger partial charge in [0.25, 0.3) is 0 Å². The summed E-state index contributed by atoms with van der Waals surface area (Å²) in [6.07, 6.45) is 1.71. The summed E-state index contributed by atoms with van der Waals surface area (Å²) in [6, 6.07) is 7.31. The number of rotatable bonds is 4. The van der Waals surface area contributed by atoms with Gasteiger partial charge in [-0.25, -0.2) is 21.6 Å². The van der Waals surface area contributed by atoms with Crippen LogP contribution in [-0.2, 0) is 19.9 Å². The van der Waals surface area contributed by atoms with Crippen molar-refractivity contribution >= 4 is 19.9 Å². The predicted octanol–water partition coefficient (Wildman–Crippen LogP) is 0.807. The van der Waals surface area contributed by atoms with Gasteiger partial charge in [0.1, 0.15) is 0 Å².